The predicted molar refractivity (Wildman–Crippen MR) is 111 cm³/mol. The number of aryl methyl sites for hydroxylation is 1. The van der Waals surface area contributed by atoms with Gasteiger partial charge in [-0.05, 0) is 31.9 Å². The Labute approximate surface area is 180 Å². The van der Waals surface area contributed by atoms with Crippen molar-refractivity contribution in [2.45, 2.75) is 27.2 Å². The summed E-state index contributed by atoms with van der Waals surface area (Å²) in [5, 5.41) is 14.0. The molecule has 0 radical (unpaired) electrons. The zero-order valence-corrected chi connectivity index (χ0v) is 17.8. The Kier molecular flexibility index (Phi) is 6.16. The van der Waals surface area contributed by atoms with Crippen molar-refractivity contribution in [2.24, 2.45) is 0 Å². The van der Waals surface area contributed by atoms with Crippen molar-refractivity contribution < 1.29 is 28.8 Å². The number of anilines is 1. The van der Waals surface area contributed by atoms with Gasteiger partial charge in [0, 0.05) is 10.9 Å². The molecule has 11 heteroatoms. The third kappa shape index (κ3) is 3.91. The summed E-state index contributed by atoms with van der Waals surface area (Å²) in [5.74, 6) is -3.00. The van der Waals surface area contributed by atoms with E-state index in [9.17, 15) is 29.3 Å². The molecule has 1 aliphatic heterocycles. The van der Waals surface area contributed by atoms with Gasteiger partial charge in [0.05, 0.1) is 22.7 Å². The summed E-state index contributed by atoms with van der Waals surface area (Å²) in [7, 11) is 0. The maximum atomic E-state index is 12.6. The Bertz CT molecular complexity index is 1120. The highest BCUT2D eigenvalue weighted by molar-refractivity contribution is 7.17. The van der Waals surface area contributed by atoms with Crippen LogP contribution in [0.3, 0.4) is 0 Å². The van der Waals surface area contributed by atoms with Crippen LogP contribution in [0.4, 0.5) is 10.7 Å². The van der Waals surface area contributed by atoms with E-state index in [-0.39, 0.29) is 28.3 Å². The number of hydrogen-bond acceptors (Lipinski definition) is 8. The number of fused-ring (bicyclic) bond motifs is 1. The second kappa shape index (κ2) is 8.64. The van der Waals surface area contributed by atoms with E-state index < -0.39 is 40.8 Å². The van der Waals surface area contributed by atoms with E-state index in [1.165, 1.54) is 23.5 Å². The molecule has 0 bridgehead atoms. The number of ether oxygens (including phenoxy) is 1. The first kappa shape index (κ1) is 22.1. The molecule has 0 fully saturated rings. The Balaban J connectivity index is 1.85. The molecule has 0 aliphatic carbocycles. The lowest BCUT2D eigenvalue weighted by Crippen LogP contribution is -2.37. The minimum absolute atomic E-state index is 0.126. The lowest BCUT2D eigenvalue weighted by atomic mass is 10.1. The molecule has 2 aromatic rings. The fourth-order valence-corrected chi connectivity index (χ4v) is 4.51. The number of rotatable bonds is 7. The van der Waals surface area contributed by atoms with E-state index in [1.54, 1.807) is 13.8 Å². The third-order valence-electron chi connectivity index (χ3n) is 4.77. The molecule has 31 heavy (non-hydrogen) atoms. The maximum Gasteiger partial charge on any atom is 0.341 e. The van der Waals surface area contributed by atoms with Crippen LogP contribution in [0.25, 0.3) is 0 Å². The first-order valence-corrected chi connectivity index (χ1v) is 10.3. The summed E-state index contributed by atoms with van der Waals surface area (Å²) in [6.07, 6.45) is 0.640. The van der Waals surface area contributed by atoms with Gasteiger partial charge in [0.2, 0.25) is 5.91 Å². The molecular formula is C20H19N3O7S. The van der Waals surface area contributed by atoms with Crippen LogP contribution in [0, 0.1) is 17.0 Å². The number of thiophene rings is 1. The van der Waals surface area contributed by atoms with Gasteiger partial charge in [0.1, 0.15) is 17.1 Å². The van der Waals surface area contributed by atoms with E-state index in [2.05, 4.69) is 5.32 Å². The Morgan fingerprint density at radius 2 is 1.94 bits per heavy atom. The van der Waals surface area contributed by atoms with Crippen molar-refractivity contribution in [3.8, 4) is 0 Å². The van der Waals surface area contributed by atoms with Crippen LogP contribution >= 0.6 is 11.3 Å². The molecule has 10 nitrogen and oxygen atoms in total. The molecule has 0 spiro atoms. The number of nitro groups is 1. The minimum Gasteiger partial charge on any atom is -0.462 e. The fourth-order valence-electron chi connectivity index (χ4n) is 3.36. The quantitative estimate of drug-likeness (QED) is 0.299. The highest BCUT2D eigenvalue weighted by Gasteiger charge is 2.41. The van der Waals surface area contributed by atoms with Gasteiger partial charge in [0.25, 0.3) is 17.5 Å². The first-order valence-electron chi connectivity index (χ1n) is 9.44. The lowest BCUT2D eigenvalue weighted by Gasteiger charge is -2.13. The molecule has 1 aromatic carbocycles. The van der Waals surface area contributed by atoms with E-state index in [0.717, 1.165) is 10.9 Å². The number of imide groups is 1. The molecule has 1 aromatic heterocycles. The number of amides is 3. The van der Waals surface area contributed by atoms with Crippen molar-refractivity contribution in [3.63, 3.8) is 0 Å². The van der Waals surface area contributed by atoms with Gasteiger partial charge in [-0.25, -0.2) is 4.79 Å². The predicted octanol–water partition coefficient (Wildman–Crippen LogP) is 2.94. The lowest BCUT2D eigenvalue weighted by molar-refractivity contribution is -0.385. The number of nitrogens with one attached hydrogen (secondary N) is 1. The van der Waals surface area contributed by atoms with Crippen LogP contribution in [0.1, 0.15) is 55.4 Å². The molecule has 0 atom stereocenters. The van der Waals surface area contributed by atoms with E-state index in [0.29, 0.717) is 16.9 Å². The molecule has 3 rings (SSSR count). The Morgan fingerprint density at radius 1 is 1.23 bits per heavy atom. The number of benzene rings is 1. The summed E-state index contributed by atoms with van der Waals surface area (Å²) in [4.78, 5) is 62.2. The molecular weight excluding hydrogens is 426 g/mol. The number of carbonyl (C=O) groups is 4. The van der Waals surface area contributed by atoms with Crippen molar-refractivity contribution in [1.29, 1.82) is 0 Å². The second-order valence-electron chi connectivity index (χ2n) is 6.63. The van der Waals surface area contributed by atoms with Gasteiger partial charge in [-0.3, -0.25) is 29.4 Å². The average Bonchev–Trinajstić information content (AvgIpc) is 3.16. The summed E-state index contributed by atoms with van der Waals surface area (Å²) >= 11 is 1.21. The molecule has 0 saturated carbocycles. The van der Waals surface area contributed by atoms with Gasteiger partial charge in [-0.2, -0.15) is 0 Å². The normalized spacial score (nSPS) is 12.7. The van der Waals surface area contributed by atoms with Crippen LogP contribution in [-0.2, 0) is 16.0 Å². The number of hydrogen-bond donors (Lipinski definition) is 1. The molecule has 1 aliphatic rings. The highest BCUT2D eigenvalue weighted by Crippen LogP contribution is 2.34. The smallest absolute Gasteiger partial charge is 0.341 e. The summed E-state index contributed by atoms with van der Waals surface area (Å²) in [6.45, 7) is 4.84. The van der Waals surface area contributed by atoms with Crippen LogP contribution in [-0.4, -0.2) is 46.7 Å². The molecule has 1 N–H and O–H groups in total. The van der Waals surface area contributed by atoms with Crippen molar-refractivity contribution in [3.05, 3.63) is 55.4 Å². The number of nitro benzene ring substituents is 1. The largest absolute Gasteiger partial charge is 0.462 e. The standard InChI is InChI=1S/C20H19N3O7S/c1-4-13-10(3)15(20(27)30-5-2)17(31-13)21-14(24)9-22-18(25)11-7-6-8-12(23(28)29)16(11)19(22)26/h6-8H,4-5,9H2,1-3H3,(H,21,24). The molecule has 0 unspecified atom stereocenters. The molecule has 2 heterocycles. The molecule has 0 saturated heterocycles. The Hall–Kier alpha value is -3.60. The molecule has 162 valence electrons. The number of carbonyl (C=O) groups excluding carboxylic acids is 4. The SMILES string of the molecule is CCOC(=O)c1c(NC(=O)CN2C(=O)c3cccc([N+](=O)[O-])c3C2=O)sc(CC)c1C. The van der Waals surface area contributed by atoms with E-state index in [1.807, 2.05) is 6.92 Å². The summed E-state index contributed by atoms with van der Waals surface area (Å²) < 4.78 is 5.07. The topological polar surface area (TPSA) is 136 Å². The fraction of sp³-hybridized carbons (Fsp3) is 0.300. The maximum absolute atomic E-state index is 12.6. The zero-order valence-electron chi connectivity index (χ0n) is 17.0. The minimum atomic E-state index is -0.912. The monoisotopic (exact) mass is 445 g/mol. The van der Waals surface area contributed by atoms with Crippen molar-refractivity contribution >= 4 is 45.7 Å². The molecule has 3 amide bonds. The summed E-state index contributed by atoms with van der Waals surface area (Å²) in [5.41, 5.74) is -0.0327. The van der Waals surface area contributed by atoms with Gasteiger partial charge >= 0.3 is 5.97 Å². The first-order chi connectivity index (χ1) is 14.7. The van der Waals surface area contributed by atoms with Crippen molar-refractivity contribution in [1.82, 2.24) is 4.90 Å². The van der Waals surface area contributed by atoms with Crippen molar-refractivity contribution in [2.75, 3.05) is 18.5 Å². The van der Waals surface area contributed by atoms with Crippen LogP contribution < -0.4 is 5.32 Å². The average molecular weight is 445 g/mol. The number of nitrogens with zero attached hydrogens (tertiary/aromatic N) is 2. The van der Waals surface area contributed by atoms with E-state index >= 15 is 0 Å². The van der Waals surface area contributed by atoms with E-state index in [4.69, 9.17) is 4.74 Å². The number of esters is 1. The van der Waals surface area contributed by atoms with Crippen LogP contribution in [0.2, 0.25) is 0 Å². The Morgan fingerprint density at radius 3 is 2.55 bits per heavy atom. The van der Waals surface area contributed by atoms with Gasteiger partial charge in [0.15, 0.2) is 0 Å². The van der Waals surface area contributed by atoms with Crippen LogP contribution in [0.5, 0.6) is 0 Å². The van der Waals surface area contributed by atoms with Crippen LogP contribution in [0.15, 0.2) is 18.2 Å². The van der Waals surface area contributed by atoms with Gasteiger partial charge < -0.3 is 10.1 Å². The summed E-state index contributed by atoms with van der Waals surface area (Å²) in [6, 6.07) is 3.73. The third-order valence-corrected chi connectivity index (χ3v) is 6.13. The zero-order chi connectivity index (χ0) is 22.9. The van der Waals surface area contributed by atoms with Gasteiger partial charge in [-0.15, -0.1) is 11.3 Å². The van der Waals surface area contributed by atoms with Gasteiger partial charge in [-0.1, -0.05) is 13.0 Å². The second-order valence-corrected chi connectivity index (χ2v) is 7.73. The highest BCUT2D eigenvalue weighted by atomic mass is 32.1.